The molecule has 1 fully saturated rings. The normalized spacial score (nSPS) is 26.2. The molecule has 1 aliphatic heterocycles. The summed E-state index contributed by atoms with van der Waals surface area (Å²) in [6, 6.07) is 0. The van der Waals surface area contributed by atoms with Crippen molar-refractivity contribution in [2.75, 3.05) is 26.7 Å². The van der Waals surface area contributed by atoms with Gasteiger partial charge in [-0.15, -0.1) is 0 Å². The average Bonchev–Trinajstić information content (AvgIpc) is 2.68. The first-order chi connectivity index (χ1) is 7.95. The molecule has 0 saturated carbocycles. The van der Waals surface area contributed by atoms with Crippen molar-refractivity contribution >= 4 is 5.97 Å². The lowest BCUT2D eigenvalue weighted by Crippen LogP contribution is -2.41. The molecule has 0 aliphatic carbocycles. The van der Waals surface area contributed by atoms with E-state index in [2.05, 4.69) is 11.8 Å². The van der Waals surface area contributed by atoms with Crippen molar-refractivity contribution in [2.24, 2.45) is 11.8 Å². The van der Waals surface area contributed by atoms with E-state index in [0.717, 1.165) is 19.4 Å². The summed E-state index contributed by atoms with van der Waals surface area (Å²) in [7, 11) is 1.44. The molecule has 0 aromatic rings. The van der Waals surface area contributed by atoms with Crippen molar-refractivity contribution in [3.63, 3.8) is 0 Å². The number of hydrogen-bond donors (Lipinski definition) is 1. The number of aliphatic hydroxyl groups is 1. The molecule has 1 rings (SSSR count). The van der Waals surface area contributed by atoms with Gasteiger partial charge in [0.1, 0.15) is 0 Å². The Hall–Kier alpha value is -0.610. The number of β-amino-alcohol motifs (C(OH)–C–C–N with tert-alkyl or cyclic N) is 1. The van der Waals surface area contributed by atoms with E-state index in [1.165, 1.54) is 7.11 Å². The summed E-state index contributed by atoms with van der Waals surface area (Å²) in [5, 5.41) is 10.3. The molecule has 0 aromatic carbocycles. The Labute approximate surface area is 104 Å². The largest absolute Gasteiger partial charge is 0.469 e. The maximum atomic E-state index is 11.6. The smallest absolute Gasteiger partial charge is 0.310 e. The highest BCUT2D eigenvalue weighted by Gasteiger charge is 2.38. The number of hydrogen-bond acceptors (Lipinski definition) is 4. The monoisotopic (exact) mass is 243 g/mol. The van der Waals surface area contributed by atoms with E-state index in [0.29, 0.717) is 19.0 Å². The van der Waals surface area contributed by atoms with Gasteiger partial charge in [-0.1, -0.05) is 20.8 Å². The zero-order chi connectivity index (χ0) is 13.1. The summed E-state index contributed by atoms with van der Waals surface area (Å²) < 4.78 is 4.81. The van der Waals surface area contributed by atoms with Crippen molar-refractivity contribution in [3.05, 3.63) is 0 Å². The van der Waals surface area contributed by atoms with Gasteiger partial charge >= 0.3 is 5.97 Å². The highest BCUT2D eigenvalue weighted by atomic mass is 16.5. The number of carbonyl (C=O) groups excluding carboxylic acids is 1. The number of rotatable bonds is 5. The molecule has 1 N–H and O–H groups in total. The molecule has 0 amide bonds. The van der Waals surface area contributed by atoms with Gasteiger partial charge in [0.05, 0.1) is 18.6 Å². The van der Waals surface area contributed by atoms with Crippen LogP contribution in [0.1, 0.15) is 33.6 Å². The second-order valence-corrected chi connectivity index (χ2v) is 5.23. The molecular weight excluding hydrogens is 218 g/mol. The molecule has 100 valence electrons. The van der Waals surface area contributed by atoms with Gasteiger partial charge in [0, 0.05) is 19.6 Å². The van der Waals surface area contributed by atoms with Crippen LogP contribution in [0.25, 0.3) is 0 Å². The van der Waals surface area contributed by atoms with Crippen LogP contribution in [0.3, 0.4) is 0 Å². The maximum Gasteiger partial charge on any atom is 0.310 e. The maximum absolute atomic E-state index is 11.6. The number of likely N-dealkylation sites (tertiary alicyclic amines) is 1. The second kappa shape index (κ2) is 5.83. The fourth-order valence-electron chi connectivity index (χ4n) is 2.54. The SMILES string of the molecule is CCC(O)(CC)CN1CC(C)C(C(=O)OC)C1. The van der Waals surface area contributed by atoms with Crippen molar-refractivity contribution in [1.82, 2.24) is 4.90 Å². The Morgan fingerprint density at radius 3 is 2.47 bits per heavy atom. The molecule has 2 atom stereocenters. The fourth-order valence-corrected chi connectivity index (χ4v) is 2.54. The van der Waals surface area contributed by atoms with Crippen molar-refractivity contribution in [3.8, 4) is 0 Å². The van der Waals surface area contributed by atoms with Crippen LogP contribution >= 0.6 is 0 Å². The lowest BCUT2D eigenvalue weighted by molar-refractivity contribution is -0.146. The summed E-state index contributed by atoms with van der Waals surface area (Å²) in [5.41, 5.74) is -0.620. The number of carbonyl (C=O) groups is 1. The van der Waals surface area contributed by atoms with Crippen LogP contribution in [0.5, 0.6) is 0 Å². The van der Waals surface area contributed by atoms with Crippen LogP contribution in [0, 0.1) is 11.8 Å². The molecule has 2 unspecified atom stereocenters. The molecule has 1 saturated heterocycles. The van der Waals surface area contributed by atoms with E-state index in [4.69, 9.17) is 4.74 Å². The second-order valence-electron chi connectivity index (χ2n) is 5.23. The van der Waals surface area contributed by atoms with E-state index in [9.17, 15) is 9.90 Å². The van der Waals surface area contributed by atoms with Gasteiger partial charge < -0.3 is 9.84 Å². The van der Waals surface area contributed by atoms with Gasteiger partial charge in [-0.3, -0.25) is 9.69 Å². The predicted molar refractivity (Wildman–Crippen MR) is 66.6 cm³/mol. The standard InChI is InChI=1S/C13H25NO3/c1-5-13(16,6-2)9-14-7-10(3)11(8-14)12(15)17-4/h10-11,16H,5-9H2,1-4H3. The summed E-state index contributed by atoms with van der Waals surface area (Å²) >= 11 is 0. The zero-order valence-electron chi connectivity index (χ0n) is 11.4. The third-order valence-corrected chi connectivity index (χ3v) is 4.03. The van der Waals surface area contributed by atoms with Crippen molar-refractivity contribution in [1.29, 1.82) is 0 Å². The van der Waals surface area contributed by atoms with Crippen LogP contribution < -0.4 is 0 Å². The average molecular weight is 243 g/mol. The van der Waals surface area contributed by atoms with Crippen LogP contribution in [-0.2, 0) is 9.53 Å². The molecule has 0 radical (unpaired) electrons. The predicted octanol–water partition coefficient (Wildman–Crippen LogP) is 1.28. The number of esters is 1. The van der Waals surface area contributed by atoms with Gasteiger partial charge in [-0.25, -0.2) is 0 Å². The van der Waals surface area contributed by atoms with Crippen LogP contribution in [-0.4, -0.2) is 48.3 Å². The quantitative estimate of drug-likeness (QED) is 0.739. The molecule has 0 bridgehead atoms. The summed E-state index contributed by atoms with van der Waals surface area (Å²) in [6.07, 6.45) is 1.49. The molecule has 1 heterocycles. The van der Waals surface area contributed by atoms with E-state index in [1.807, 2.05) is 13.8 Å². The van der Waals surface area contributed by atoms with Gasteiger partial charge in [0.25, 0.3) is 0 Å². The topological polar surface area (TPSA) is 49.8 Å². The highest BCUT2D eigenvalue weighted by molar-refractivity contribution is 5.73. The van der Waals surface area contributed by atoms with Crippen molar-refractivity contribution < 1.29 is 14.6 Å². The number of ether oxygens (including phenoxy) is 1. The Bertz CT molecular complexity index is 263. The Balaban J connectivity index is 2.57. The Morgan fingerprint density at radius 1 is 1.41 bits per heavy atom. The molecular formula is C13H25NO3. The summed E-state index contributed by atoms with van der Waals surface area (Å²) in [4.78, 5) is 13.7. The molecule has 17 heavy (non-hydrogen) atoms. The lowest BCUT2D eigenvalue weighted by atomic mass is 9.97. The number of nitrogens with zero attached hydrogens (tertiary/aromatic N) is 1. The van der Waals surface area contributed by atoms with Gasteiger partial charge in [-0.05, 0) is 18.8 Å². The molecule has 1 aliphatic rings. The van der Waals surface area contributed by atoms with Crippen molar-refractivity contribution in [2.45, 2.75) is 39.2 Å². The van der Waals surface area contributed by atoms with E-state index in [-0.39, 0.29) is 11.9 Å². The van der Waals surface area contributed by atoms with E-state index >= 15 is 0 Å². The molecule has 4 nitrogen and oxygen atoms in total. The first kappa shape index (κ1) is 14.5. The molecule has 0 spiro atoms. The van der Waals surface area contributed by atoms with E-state index < -0.39 is 5.60 Å². The van der Waals surface area contributed by atoms with Crippen LogP contribution in [0.15, 0.2) is 0 Å². The van der Waals surface area contributed by atoms with Gasteiger partial charge in [-0.2, -0.15) is 0 Å². The number of methoxy groups -OCH3 is 1. The van der Waals surface area contributed by atoms with Gasteiger partial charge in [0.15, 0.2) is 0 Å². The first-order valence-corrected chi connectivity index (χ1v) is 6.48. The third-order valence-electron chi connectivity index (χ3n) is 4.03. The minimum absolute atomic E-state index is 0.0436. The molecule has 0 aromatic heterocycles. The van der Waals surface area contributed by atoms with E-state index in [1.54, 1.807) is 0 Å². The highest BCUT2D eigenvalue weighted by Crippen LogP contribution is 2.27. The Kier molecular flexibility index (Phi) is 4.95. The van der Waals surface area contributed by atoms with Crippen LogP contribution in [0.2, 0.25) is 0 Å². The Morgan fingerprint density at radius 2 is 2.00 bits per heavy atom. The molecule has 4 heteroatoms. The van der Waals surface area contributed by atoms with Gasteiger partial charge in [0.2, 0.25) is 0 Å². The lowest BCUT2D eigenvalue weighted by Gasteiger charge is -2.30. The zero-order valence-corrected chi connectivity index (χ0v) is 11.4. The van der Waals surface area contributed by atoms with Crippen LogP contribution in [0.4, 0.5) is 0 Å². The minimum atomic E-state index is -0.620. The summed E-state index contributed by atoms with van der Waals surface area (Å²) in [5.74, 6) is 0.134. The third kappa shape index (κ3) is 3.42. The summed E-state index contributed by atoms with van der Waals surface area (Å²) in [6.45, 7) is 8.29. The first-order valence-electron chi connectivity index (χ1n) is 6.48. The minimum Gasteiger partial charge on any atom is -0.469 e. The fraction of sp³-hybridized carbons (Fsp3) is 0.923.